The largest absolute Gasteiger partial charge is 0.397 e. The number of anilines is 2. The van der Waals surface area contributed by atoms with Gasteiger partial charge in [0.05, 0.1) is 11.4 Å². The zero-order valence-electron chi connectivity index (χ0n) is 10.5. The van der Waals surface area contributed by atoms with E-state index in [1.165, 1.54) is 0 Å². The third kappa shape index (κ3) is 3.13. The second-order valence-corrected chi connectivity index (χ2v) is 4.60. The van der Waals surface area contributed by atoms with Crippen molar-refractivity contribution in [2.45, 2.75) is 6.42 Å². The van der Waals surface area contributed by atoms with Crippen LogP contribution in [0.4, 0.5) is 11.4 Å². The molecule has 1 heterocycles. The molecule has 1 aromatic rings. The number of hydrogen-bond donors (Lipinski definition) is 2. The summed E-state index contributed by atoms with van der Waals surface area (Å²) in [6, 6.07) is 7.93. The van der Waals surface area contributed by atoms with Gasteiger partial charge >= 0.3 is 0 Å². The molecule has 5 heteroatoms. The summed E-state index contributed by atoms with van der Waals surface area (Å²) in [6.45, 7) is 4.52. The normalized spacial score (nSPS) is 16.8. The molecule has 5 nitrogen and oxygen atoms in total. The molecule has 1 saturated heterocycles. The summed E-state index contributed by atoms with van der Waals surface area (Å²) in [4.78, 5) is 15.3. The average molecular weight is 248 g/mol. The van der Waals surface area contributed by atoms with Gasteiger partial charge in [0.2, 0.25) is 5.91 Å². The predicted molar refractivity (Wildman–Crippen MR) is 73.3 cm³/mol. The van der Waals surface area contributed by atoms with E-state index in [1.54, 1.807) is 0 Å². The van der Waals surface area contributed by atoms with Crippen LogP contribution in [0.1, 0.15) is 6.42 Å². The van der Waals surface area contributed by atoms with Crippen molar-refractivity contribution in [1.29, 1.82) is 0 Å². The lowest BCUT2D eigenvalue weighted by Gasteiger charge is -2.36. The van der Waals surface area contributed by atoms with E-state index in [1.807, 2.05) is 18.2 Å². The van der Waals surface area contributed by atoms with Gasteiger partial charge in [0.1, 0.15) is 0 Å². The Bertz CT molecular complexity index is 413. The van der Waals surface area contributed by atoms with Crippen molar-refractivity contribution >= 4 is 17.3 Å². The minimum Gasteiger partial charge on any atom is -0.397 e. The van der Waals surface area contributed by atoms with E-state index in [0.29, 0.717) is 6.42 Å². The number of nitrogens with zero attached hydrogens (tertiary/aromatic N) is 2. The number of nitrogen functional groups attached to an aromatic ring is 1. The summed E-state index contributed by atoms with van der Waals surface area (Å²) in [5.41, 5.74) is 13.0. The molecule has 0 atom stereocenters. The maximum absolute atomic E-state index is 10.7. The van der Waals surface area contributed by atoms with Crippen molar-refractivity contribution in [2.24, 2.45) is 5.73 Å². The zero-order chi connectivity index (χ0) is 13.0. The number of nitrogens with two attached hydrogens (primary N) is 2. The van der Waals surface area contributed by atoms with Gasteiger partial charge in [-0.3, -0.25) is 9.69 Å². The maximum Gasteiger partial charge on any atom is 0.218 e. The Morgan fingerprint density at radius 1 is 1.17 bits per heavy atom. The van der Waals surface area contributed by atoms with Gasteiger partial charge in [0.25, 0.3) is 0 Å². The van der Waals surface area contributed by atoms with Gasteiger partial charge < -0.3 is 16.4 Å². The Labute approximate surface area is 107 Å². The first-order valence-corrected chi connectivity index (χ1v) is 6.27. The molecule has 0 unspecified atom stereocenters. The molecule has 0 bridgehead atoms. The third-order valence-electron chi connectivity index (χ3n) is 3.32. The van der Waals surface area contributed by atoms with Crippen molar-refractivity contribution in [2.75, 3.05) is 43.4 Å². The van der Waals surface area contributed by atoms with Crippen molar-refractivity contribution in [1.82, 2.24) is 4.90 Å². The van der Waals surface area contributed by atoms with Crippen LogP contribution in [0.2, 0.25) is 0 Å². The van der Waals surface area contributed by atoms with Gasteiger partial charge in [0.15, 0.2) is 0 Å². The number of primary amides is 1. The van der Waals surface area contributed by atoms with Crippen LogP contribution in [-0.4, -0.2) is 43.5 Å². The fraction of sp³-hybridized carbons (Fsp3) is 0.462. The highest BCUT2D eigenvalue weighted by Gasteiger charge is 2.18. The third-order valence-corrected chi connectivity index (χ3v) is 3.32. The van der Waals surface area contributed by atoms with E-state index in [2.05, 4.69) is 15.9 Å². The van der Waals surface area contributed by atoms with Crippen LogP contribution >= 0.6 is 0 Å². The lowest BCUT2D eigenvalue weighted by Crippen LogP contribution is -2.47. The standard InChI is InChI=1S/C13H20N4O/c14-11-3-1-2-4-12(11)17-9-7-16(8-10-17)6-5-13(15)18/h1-4H,5-10,14H2,(H2,15,18). The van der Waals surface area contributed by atoms with Crippen LogP contribution in [-0.2, 0) is 4.79 Å². The molecule has 0 saturated carbocycles. The first-order chi connectivity index (χ1) is 8.66. The van der Waals surface area contributed by atoms with E-state index >= 15 is 0 Å². The highest BCUT2D eigenvalue weighted by atomic mass is 16.1. The van der Waals surface area contributed by atoms with E-state index in [4.69, 9.17) is 11.5 Å². The van der Waals surface area contributed by atoms with Gasteiger partial charge in [-0.15, -0.1) is 0 Å². The maximum atomic E-state index is 10.7. The van der Waals surface area contributed by atoms with E-state index in [0.717, 1.165) is 44.1 Å². The Morgan fingerprint density at radius 2 is 1.83 bits per heavy atom. The highest BCUT2D eigenvalue weighted by Crippen LogP contribution is 2.23. The summed E-state index contributed by atoms with van der Waals surface area (Å²) in [5.74, 6) is -0.232. The fourth-order valence-corrected chi connectivity index (χ4v) is 2.26. The van der Waals surface area contributed by atoms with E-state index in [-0.39, 0.29) is 5.91 Å². The van der Waals surface area contributed by atoms with Gasteiger partial charge in [0, 0.05) is 39.1 Å². The van der Waals surface area contributed by atoms with Crippen LogP contribution in [0.15, 0.2) is 24.3 Å². The second-order valence-electron chi connectivity index (χ2n) is 4.60. The fourth-order valence-electron chi connectivity index (χ4n) is 2.26. The first kappa shape index (κ1) is 12.7. The molecule has 98 valence electrons. The molecule has 1 amide bonds. The van der Waals surface area contributed by atoms with Crippen LogP contribution in [0.5, 0.6) is 0 Å². The number of para-hydroxylation sites is 2. The number of carbonyl (C=O) groups is 1. The number of rotatable bonds is 4. The minimum atomic E-state index is -0.232. The molecule has 4 N–H and O–H groups in total. The molecule has 0 aromatic heterocycles. The Kier molecular flexibility index (Phi) is 4.04. The quantitative estimate of drug-likeness (QED) is 0.750. The summed E-state index contributed by atoms with van der Waals surface area (Å²) in [7, 11) is 0. The molecule has 1 fully saturated rings. The molecule has 18 heavy (non-hydrogen) atoms. The predicted octanol–water partition coefficient (Wildman–Crippen LogP) is 0.266. The van der Waals surface area contributed by atoms with Crippen LogP contribution in [0, 0.1) is 0 Å². The lowest BCUT2D eigenvalue weighted by molar-refractivity contribution is -0.118. The Balaban J connectivity index is 1.87. The van der Waals surface area contributed by atoms with Crippen molar-refractivity contribution in [3.63, 3.8) is 0 Å². The van der Waals surface area contributed by atoms with Gasteiger partial charge in [-0.05, 0) is 12.1 Å². The SMILES string of the molecule is NC(=O)CCN1CCN(c2ccccc2N)CC1. The van der Waals surface area contributed by atoms with Crippen LogP contribution in [0.25, 0.3) is 0 Å². The van der Waals surface area contributed by atoms with Crippen molar-refractivity contribution in [3.05, 3.63) is 24.3 Å². The zero-order valence-corrected chi connectivity index (χ0v) is 10.5. The summed E-state index contributed by atoms with van der Waals surface area (Å²) < 4.78 is 0. The highest BCUT2D eigenvalue weighted by molar-refractivity contribution is 5.73. The molecular formula is C13H20N4O. The molecule has 1 aliphatic rings. The number of hydrogen-bond acceptors (Lipinski definition) is 4. The molecule has 0 radical (unpaired) electrons. The van der Waals surface area contributed by atoms with Crippen LogP contribution in [0.3, 0.4) is 0 Å². The van der Waals surface area contributed by atoms with Gasteiger partial charge in [-0.25, -0.2) is 0 Å². The smallest absolute Gasteiger partial charge is 0.218 e. The lowest BCUT2D eigenvalue weighted by atomic mass is 10.2. The van der Waals surface area contributed by atoms with Crippen molar-refractivity contribution in [3.8, 4) is 0 Å². The summed E-state index contributed by atoms with van der Waals surface area (Å²) >= 11 is 0. The number of carbonyl (C=O) groups excluding carboxylic acids is 1. The Morgan fingerprint density at radius 3 is 2.44 bits per heavy atom. The monoisotopic (exact) mass is 248 g/mol. The minimum absolute atomic E-state index is 0.232. The van der Waals surface area contributed by atoms with Crippen LogP contribution < -0.4 is 16.4 Å². The molecule has 0 aliphatic carbocycles. The molecular weight excluding hydrogens is 228 g/mol. The van der Waals surface area contributed by atoms with E-state index in [9.17, 15) is 4.79 Å². The van der Waals surface area contributed by atoms with Crippen molar-refractivity contribution < 1.29 is 4.79 Å². The number of amides is 1. The average Bonchev–Trinajstić information content (AvgIpc) is 2.38. The molecule has 1 aromatic carbocycles. The molecule has 0 spiro atoms. The topological polar surface area (TPSA) is 75.6 Å². The molecule has 1 aliphatic heterocycles. The Hall–Kier alpha value is -1.75. The molecule has 2 rings (SSSR count). The van der Waals surface area contributed by atoms with Gasteiger partial charge in [-0.1, -0.05) is 12.1 Å². The second kappa shape index (κ2) is 5.73. The van der Waals surface area contributed by atoms with E-state index < -0.39 is 0 Å². The number of piperazine rings is 1. The number of benzene rings is 1. The summed E-state index contributed by atoms with van der Waals surface area (Å²) in [6.07, 6.45) is 0.438. The first-order valence-electron chi connectivity index (χ1n) is 6.27. The van der Waals surface area contributed by atoms with Gasteiger partial charge in [-0.2, -0.15) is 0 Å². The summed E-state index contributed by atoms with van der Waals surface area (Å²) in [5, 5.41) is 0.